The summed E-state index contributed by atoms with van der Waals surface area (Å²) in [5.74, 6) is 0.561. The van der Waals surface area contributed by atoms with Gasteiger partial charge < -0.3 is 0 Å². The van der Waals surface area contributed by atoms with Gasteiger partial charge in [0.2, 0.25) is 0 Å². The van der Waals surface area contributed by atoms with Crippen molar-refractivity contribution in [1.29, 1.82) is 0 Å². The molecule has 1 aromatic heterocycles. The summed E-state index contributed by atoms with van der Waals surface area (Å²) >= 11 is 5.17. The molecule has 0 unspecified atom stereocenters. The zero-order valence-electron chi connectivity index (χ0n) is 8.55. The molecule has 0 aliphatic heterocycles. The summed E-state index contributed by atoms with van der Waals surface area (Å²) < 4.78 is 1.15. The molecule has 0 fully saturated rings. The summed E-state index contributed by atoms with van der Waals surface area (Å²) in [4.78, 5) is 12.7. The molecule has 78 valence electrons. The Hall–Kier alpha value is -0.150. The van der Waals surface area contributed by atoms with E-state index in [0.29, 0.717) is 12.2 Å². The second-order valence-electron chi connectivity index (χ2n) is 3.71. The van der Waals surface area contributed by atoms with Crippen molar-refractivity contribution in [2.75, 3.05) is 0 Å². The smallest absolute Gasteiger partial charge is 0.135 e. The maximum atomic E-state index is 11.3. The highest BCUT2D eigenvalue weighted by atomic mass is 79.9. The van der Waals surface area contributed by atoms with Crippen LogP contribution in [0, 0.1) is 5.92 Å². The minimum Gasteiger partial charge on any atom is -0.299 e. The second kappa shape index (κ2) is 5.66. The van der Waals surface area contributed by atoms with Crippen LogP contribution < -0.4 is 0 Å². The zero-order chi connectivity index (χ0) is 10.6. The molecule has 1 nitrogen and oxygen atoms in total. The normalized spacial score (nSPS) is 10.9. The van der Waals surface area contributed by atoms with Gasteiger partial charge in [0.05, 0.1) is 0 Å². The third-order valence-corrected chi connectivity index (χ3v) is 3.87. The molecule has 0 N–H and O–H groups in total. The van der Waals surface area contributed by atoms with Gasteiger partial charge in [-0.25, -0.2) is 0 Å². The first-order valence-corrected chi connectivity index (χ1v) is 6.52. The number of rotatable bonds is 5. The van der Waals surface area contributed by atoms with Crippen LogP contribution in [0.2, 0.25) is 0 Å². The van der Waals surface area contributed by atoms with Gasteiger partial charge in [-0.3, -0.25) is 4.79 Å². The lowest BCUT2D eigenvalue weighted by atomic mass is 10.0. The maximum absolute atomic E-state index is 11.3. The summed E-state index contributed by atoms with van der Waals surface area (Å²) in [6.45, 7) is 3.92. The van der Waals surface area contributed by atoms with Gasteiger partial charge in [0, 0.05) is 27.1 Å². The van der Waals surface area contributed by atoms with Crippen LogP contribution in [0.4, 0.5) is 0 Å². The summed E-state index contributed by atoms with van der Waals surface area (Å²) in [7, 11) is 0. The van der Waals surface area contributed by atoms with Crippen molar-refractivity contribution in [2.24, 2.45) is 5.92 Å². The topological polar surface area (TPSA) is 17.1 Å². The number of carbonyl (C=O) groups is 1. The molecule has 0 saturated heterocycles. The van der Waals surface area contributed by atoms with Crippen molar-refractivity contribution in [3.63, 3.8) is 0 Å². The van der Waals surface area contributed by atoms with Gasteiger partial charge in [-0.1, -0.05) is 13.8 Å². The third-order valence-electron chi connectivity index (χ3n) is 2.11. The first kappa shape index (κ1) is 11.9. The maximum Gasteiger partial charge on any atom is 0.135 e. The predicted molar refractivity (Wildman–Crippen MR) is 64.8 cm³/mol. The highest BCUT2D eigenvalue weighted by Crippen LogP contribution is 2.21. The third kappa shape index (κ3) is 3.93. The number of halogens is 1. The van der Waals surface area contributed by atoms with E-state index in [9.17, 15) is 4.79 Å². The molecule has 1 heterocycles. The number of ketones is 1. The Balaban J connectivity index is 2.25. The number of hydrogen-bond donors (Lipinski definition) is 0. The Morgan fingerprint density at radius 3 is 2.79 bits per heavy atom. The molecule has 0 radical (unpaired) electrons. The molecule has 0 aliphatic carbocycles. The summed E-state index contributed by atoms with van der Waals surface area (Å²) in [5.41, 5.74) is 0. The van der Waals surface area contributed by atoms with Crippen LogP contribution in [-0.2, 0) is 11.2 Å². The van der Waals surface area contributed by atoms with E-state index >= 15 is 0 Å². The first-order chi connectivity index (χ1) is 6.59. The van der Waals surface area contributed by atoms with Crippen molar-refractivity contribution in [2.45, 2.75) is 33.1 Å². The summed E-state index contributed by atoms with van der Waals surface area (Å²) in [6, 6.07) is 2.13. The van der Waals surface area contributed by atoms with Crippen LogP contribution in [0.1, 0.15) is 31.6 Å². The Kier molecular flexibility index (Phi) is 4.82. The molecular formula is C11H15BrOS. The minimum absolute atomic E-state index is 0.185. The van der Waals surface area contributed by atoms with Crippen molar-refractivity contribution in [1.82, 2.24) is 0 Å². The number of hydrogen-bond acceptors (Lipinski definition) is 2. The molecule has 0 saturated carbocycles. The molecule has 14 heavy (non-hydrogen) atoms. The van der Waals surface area contributed by atoms with E-state index in [1.165, 1.54) is 4.88 Å². The molecule has 1 rings (SSSR count). The molecule has 1 aromatic rings. The first-order valence-electron chi connectivity index (χ1n) is 4.85. The van der Waals surface area contributed by atoms with E-state index in [2.05, 4.69) is 27.4 Å². The van der Waals surface area contributed by atoms with Crippen molar-refractivity contribution < 1.29 is 4.79 Å². The summed E-state index contributed by atoms with van der Waals surface area (Å²) in [6.07, 6.45) is 2.71. The average Bonchev–Trinajstić information content (AvgIpc) is 2.51. The lowest BCUT2D eigenvalue weighted by Crippen LogP contribution is -2.06. The van der Waals surface area contributed by atoms with Crippen LogP contribution in [0.5, 0.6) is 0 Å². The zero-order valence-corrected chi connectivity index (χ0v) is 11.0. The fourth-order valence-electron chi connectivity index (χ4n) is 1.21. The second-order valence-corrected chi connectivity index (χ2v) is 5.62. The van der Waals surface area contributed by atoms with Crippen LogP contribution in [0.15, 0.2) is 15.9 Å². The average molecular weight is 275 g/mol. The van der Waals surface area contributed by atoms with Crippen molar-refractivity contribution in [3.05, 3.63) is 20.8 Å². The highest BCUT2D eigenvalue weighted by Gasteiger charge is 2.06. The van der Waals surface area contributed by atoms with Gasteiger partial charge in [-0.15, -0.1) is 11.3 Å². The Bertz CT molecular complexity index is 304. The quantitative estimate of drug-likeness (QED) is 0.792. The largest absolute Gasteiger partial charge is 0.299 e. The van der Waals surface area contributed by atoms with E-state index in [-0.39, 0.29) is 5.92 Å². The standard InChI is InChI=1S/C11H15BrOS/c1-8(2)11(13)5-3-4-10-6-9(12)7-14-10/h6-8H,3-5H2,1-2H3. The van der Waals surface area contributed by atoms with E-state index in [1.54, 1.807) is 11.3 Å². The number of carbonyl (C=O) groups excluding carboxylic acids is 1. The fraction of sp³-hybridized carbons (Fsp3) is 0.545. The molecule has 0 bridgehead atoms. The highest BCUT2D eigenvalue weighted by molar-refractivity contribution is 9.10. The molecule has 0 amide bonds. The van der Waals surface area contributed by atoms with Crippen LogP contribution >= 0.6 is 27.3 Å². The van der Waals surface area contributed by atoms with Gasteiger partial charge in [-0.05, 0) is 34.8 Å². The van der Waals surface area contributed by atoms with Gasteiger partial charge in [0.15, 0.2) is 0 Å². The molecular weight excluding hydrogens is 260 g/mol. The fourth-order valence-corrected chi connectivity index (χ4v) is 2.71. The van der Waals surface area contributed by atoms with Crippen molar-refractivity contribution >= 4 is 33.0 Å². The van der Waals surface area contributed by atoms with E-state index < -0.39 is 0 Å². The molecule has 3 heteroatoms. The monoisotopic (exact) mass is 274 g/mol. The van der Waals surface area contributed by atoms with Gasteiger partial charge in [-0.2, -0.15) is 0 Å². The lowest BCUT2D eigenvalue weighted by molar-refractivity contribution is -0.121. The number of Topliss-reactive ketones (excluding diaryl/α,β-unsaturated/α-hetero) is 1. The van der Waals surface area contributed by atoms with Gasteiger partial charge in [0.25, 0.3) is 0 Å². The van der Waals surface area contributed by atoms with Crippen molar-refractivity contribution in [3.8, 4) is 0 Å². The Morgan fingerprint density at radius 1 is 1.57 bits per heavy atom. The predicted octanol–water partition coefficient (Wildman–Crippen LogP) is 4.06. The minimum atomic E-state index is 0.185. The molecule has 0 spiro atoms. The SMILES string of the molecule is CC(C)C(=O)CCCc1cc(Br)cs1. The molecule has 0 atom stereocenters. The molecule has 0 aromatic carbocycles. The van der Waals surface area contributed by atoms with E-state index in [0.717, 1.165) is 17.3 Å². The lowest BCUT2D eigenvalue weighted by Gasteiger charge is -2.02. The van der Waals surface area contributed by atoms with Gasteiger partial charge >= 0.3 is 0 Å². The van der Waals surface area contributed by atoms with Gasteiger partial charge in [0.1, 0.15) is 5.78 Å². The van der Waals surface area contributed by atoms with E-state index in [4.69, 9.17) is 0 Å². The Morgan fingerprint density at radius 2 is 2.29 bits per heavy atom. The van der Waals surface area contributed by atoms with Crippen LogP contribution in [-0.4, -0.2) is 5.78 Å². The van der Waals surface area contributed by atoms with Crippen LogP contribution in [0.3, 0.4) is 0 Å². The number of thiophene rings is 1. The summed E-state index contributed by atoms with van der Waals surface area (Å²) in [5, 5.41) is 2.08. The molecule has 0 aliphatic rings. The van der Waals surface area contributed by atoms with Crippen LogP contribution in [0.25, 0.3) is 0 Å². The van der Waals surface area contributed by atoms with E-state index in [1.807, 2.05) is 13.8 Å². The number of aryl methyl sites for hydroxylation is 1. The Labute approximate surface area is 97.7 Å².